The number of hydrogen-bond acceptors (Lipinski definition) is 3. The van der Waals surface area contributed by atoms with E-state index >= 15 is 4.39 Å². The number of amides is 1. The second kappa shape index (κ2) is 9.56. The van der Waals surface area contributed by atoms with E-state index in [0.29, 0.717) is 24.6 Å². The fourth-order valence-corrected chi connectivity index (χ4v) is 5.42. The molecule has 6 heteroatoms. The van der Waals surface area contributed by atoms with Crippen LogP contribution < -0.4 is 0 Å². The van der Waals surface area contributed by atoms with E-state index in [0.717, 1.165) is 59.4 Å². The van der Waals surface area contributed by atoms with Gasteiger partial charge in [-0.25, -0.2) is 4.68 Å². The quantitative estimate of drug-likeness (QED) is 0.341. The summed E-state index contributed by atoms with van der Waals surface area (Å²) in [5, 5.41) is 4.44. The molecule has 5 nitrogen and oxygen atoms in total. The monoisotopic (exact) mass is 474 g/mol. The van der Waals surface area contributed by atoms with Crippen LogP contribution in [0, 0.1) is 31.1 Å². The molecule has 184 valence electrons. The summed E-state index contributed by atoms with van der Waals surface area (Å²) in [6, 6.07) is 10.1. The van der Waals surface area contributed by atoms with E-state index in [1.165, 1.54) is 30.4 Å². The van der Waals surface area contributed by atoms with E-state index in [1.54, 1.807) is 6.20 Å². The second-order valence-electron chi connectivity index (χ2n) is 11.0. The van der Waals surface area contributed by atoms with Crippen molar-refractivity contribution in [2.45, 2.75) is 72.4 Å². The lowest BCUT2D eigenvalue weighted by atomic mass is 9.89. The highest BCUT2D eigenvalue weighted by atomic mass is 19.1. The Hall–Kier alpha value is -3.02. The molecule has 2 aliphatic rings. The maximum Gasteiger partial charge on any atom is 0.219 e. The fourth-order valence-electron chi connectivity index (χ4n) is 5.42. The Morgan fingerprint density at radius 1 is 1.14 bits per heavy atom. The molecule has 0 N–H and O–H groups in total. The largest absolute Gasteiger partial charge is 0.341 e. The zero-order chi connectivity index (χ0) is 24.6. The van der Waals surface area contributed by atoms with Crippen molar-refractivity contribution in [2.75, 3.05) is 6.54 Å². The van der Waals surface area contributed by atoms with E-state index < -0.39 is 0 Å². The smallest absolute Gasteiger partial charge is 0.219 e. The Bertz CT molecular complexity index is 1220. The third-order valence-electron chi connectivity index (χ3n) is 7.77. The zero-order valence-electron chi connectivity index (χ0n) is 21.1. The Morgan fingerprint density at radius 3 is 2.60 bits per heavy atom. The summed E-state index contributed by atoms with van der Waals surface area (Å²) in [5.41, 5.74) is 6.17. The molecule has 3 aromatic rings. The van der Waals surface area contributed by atoms with Crippen LogP contribution in [0.5, 0.6) is 0 Å². The van der Waals surface area contributed by atoms with Gasteiger partial charge in [0.1, 0.15) is 0 Å². The molecular weight excluding hydrogens is 439 g/mol. The van der Waals surface area contributed by atoms with E-state index in [-0.39, 0.29) is 11.4 Å². The average Bonchev–Trinajstić information content (AvgIpc) is 3.45. The Balaban J connectivity index is 1.44. The van der Waals surface area contributed by atoms with E-state index in [4.69, 9.17) is 4.98 Å². The first-order chi connectivity index (χ1) is 16.8. The number of carbonyl (C=O) groups is 1. The lowest BCUT2D eigenvalue weighted by Gasteiger charge is -2.23. The third kappa shape index (κ3) is 5.16. The van der Waals surface area contributed by atoms with Crippen LogP contribution in [-0.4, -0.2) is 32.6 Å². The maximum absolute atomic E-state index is 15.6. The van der Waals surface area contributed by atoms with Crippen molar-refractivity contribution < 1.29 is 9.18 Å². The summed E-state index contributed by atoms with van der Waals surface area (Å²) in [4.78, 5) is 18.2. The maximum atomic E-state index is 15.6. The number of aromatic nitrogens is 3. The van der Waals surface area contributed by atoms with Gasteiger partial charge in [0.05, 0.1) is 17.5 Å². The minimum Gasteiger partial charge on any atom is -0.341 e. The van der Waals surface area contributed by atoms with Crippen LogP contribution in [0.25, 0.3) is 22.4 Å². The number of aryl methyl sites for hydroxylation is 2. The number of carbonyl (C=O) groups excluding carboxylic acids is 1. The number of nitrogens with zero attached hydrogens (tertiary/aromatic N) is 4. The third-order valence-corrected chi connectivity index (χ3v) is 7.77. The molecule has 0 atom stereocenters. The fraction of sp³-hybridized carbons (Fsp3) is 0.483. The molecule has 2 fully saturated rings. The van der Waals surface area contributed by atoms with E-state index in [2.05, 4.69) is 31.1 Å². The van der Waals surface area contributed by atoms with Gasteiger partial charge in [-0.15, -0.1) is 0 Å². The first kappa shape index (κ1) is 23.7. The van der Waals surface area contributed by atoms with Crippen LogP contribution >= 0.6 is 0 Å². The average molecular weight is 475 g/mol. The Labute approximate surface area is 207 Å². The lowest BCUT2D eigenvalue weighted by Crippen LogP contribution is -2.24. The normalized spacial score (nSPS) is 17.0. The van der Waals surface area contributed by atoms with Gasteiger partial charge >= 0.3 is 0 Å². The van der Waals surface area contributed by atoms with Crippen LogP contribution in [0.1, 0.15) is 62.3 Å². The molecule has 0 saturated heterocycles. The highest BCUT2D eigenvalue weighted by Gasteiger charge is 2.31. The van der Waals surface area contributed by atoms with Gasteiger partial charge in [-0.05, 0) is 74.1 Å². The van der Waals surface area contributed by atoms with Crippen LogP contribution in [-0.2, 0) is 17.9 Å². The van der Waals surface area contributed by atoms with Gasteiger partial charge in [0.2, 0.25) is 12.4 Å². The summed E-state index contributed by atoms with van der Waals surface area (Å²) < 4.78 is 17.1. The first-order valence-electron chi connectivity index (χ1n) is 12.8. The number of rotatable bonds is 9. The highest BCUT2D eigenvalue weighted by Crippen LogP contribution is 2.40. The number of hydrogen-bond donors (Lipinski definition) is 0. The first-order valence-corrected chi connectivity index (χ1v) is 12.8. The SMILES string of the molecule is Cc1ccc(-c2cnn(CC3(C)CCCC3)c2F)c(-c2ccc(CN(C=O)CC3CC3)c(C)c2)n1. The summed E-state index contributed by atoms with van der Waals surface area (Å²) in [5.74, 6) is 0.367. The standard InChI is InChI=1S/C29H35FN4O/c1-20-14-23(9-10-24(20)17-33(19-35)16-22-7-8-22)27-25(11-6-21(2)32-27)26-15-31-34(28(26)30)18-29(3)12-4-5-13-29/h6,9-11,14-15,19,22H,4-5,7-8,12-13,16-18H2,1-3H3. The molecule has 2 heterocycles. The predicted molar refractivity (Wildman–Crippen MR) is 136 cm³/mol. The van der Waals surface area contributed by atoms with Crippen molar-refractivity contribution >= 4 is 6.41 Å². The molecule has 0 unspecified atom stereocenters. The summed E-state index contributed by atoms with van der Waals surface area (Å²) in [6.07, 6.45) is 9.69. The van der Waals surface area contributed by atoms with Crippen molar-refractivity contribution in [1.82, 2.24) is 19.7 Å². The molecule has 2 saturated carbocycles. The van der Waals surface area contributed by atoms with Gasteiger partial charge < -0.3 is 4.90 Å². The van der Waals surface area contributed by atoms with Gasteiger partial charge in [-0.3, -0.25) is 9.78 Å². The minimum absolute atomic E-state index is 0.111. The van der Waals surface area contributed by atoms with Gasteiger partial charge in [0, 0.05) is 36.5 Å². The molecule has 0 spiro atoms. The number of pyridine rings is 1. The molecule has 1 amide bonds. The molecule has 2 aliphatic carbocycles. The molecule has 35 heavy (non-hydrogen) atoms. The van der Waals surface area contributed by atoms with Crippen LogP contribution in [0.4, 0.5) is 4.39 Å². The summed E-state index contributed by atoms with van der Waals surface area (Å²) >= 11 is 0. The van der Waals surface area contributed by atoms with E-state index in [1.807, 2.05) is 30.0 Å². The van der Waals surface area contributed by atoms with Crippen molar-refractivity contribution in [2.24, 2.45) is 11.3 Å². The van der Waals surface area contributed by atoms with Crippen molar-refractivity contribution in [1.29, 1.82) is 0 Å². The Kier molecular flexibility index (Phi) is 6.47. The predicted octanol–water partition coefficient (Wildman–Crippen LogP) is 6.32. The van der Waals surface area contributed by atoms with Gasteiger partial charge in [0.15, 0.2) is 0 Å². The van der Waals surface area contributed by atoms with Crippen LogP contribution in [0.2, 0.25) is 0 Å². The van der Waals surface area contributed by atoms with Crippen LogP contribution in [0.15, 0.2) is 36.5 Å². The number of benzene rings is 1. The molecular formula is C29H35FN4O. The lowest BCUT2D eigenvalue weighted by molar-refractivity contribution is -0.118. The molecule has 2 aromatic heterocycles. The molecule has 0 aliphatic heterocycles. The molecule has 5 rings (SSSR count). The van der Waals surface area contributed by atoms with Gasteiger partial charge in [0.25, 0.3) is 0 Å². The zero-order valence-corrected chi connectivity index (χ0v) is 21.1. The van der Waals surface area contributed by atoms with Crippen molar-refractivity contribution in [3.63, 3.8) is 0 Å². The van der Waals surface area contributed by atoms with E-state index in [9.17, 15) is 4.79 Å². The van der Waals surface area contributed by atoms with Gasteiger partial charge in [-0.2, -0.15) is 9.49 Å². The second-order valence-corrected chi connectivity index (χ2v) is 11.0. The topological polar surface area (TPSA) is 51.0 Å². The molecule has 1 aromatic carbocycles. The molecule has 0 bridgehead atoms. The van der Waals surface area contributed by atoms with Crippen LogP contribution in [0.3, 0.4) is 0 Å². The highest BCUT2D eigenvalue weighted by molar-refractivity contribution is 5.81. The molecule has 0 radical (unpaired) electrons. The summed E-state index contributed by atoms with van der Waals surface area (Å²) in [7, 11) is 0. The Morgan fingerprint density at radius 2 is 1.91 bits per heavy atom. The van der Waals surface area contributed by atoms with Crippen molar-refractivity contribution in [3.05, 3.63) is 59.3 Å². The van der Waals surface area contributed by atoms with Crippen molar-refractivity contribution in [3.8, 4) is 22.4 Å². The van der Waals surface area contributed by atoms with Gasteiger partial charge in [-0.1, -0.05) is 38.0 Å². The number of halogens is 1. The summed E-state index contributed by atoms with van der Waals surface area (Å²) in [6.45, 7) is 8.30. The minimum atomic E-state index is -0.292.